The molecule has 0 unspecified atom stereocenters. The molecule has 21 heavy (non-hydrogen) atoms. The summed E-state index contributed by atoms with van der Waals surface area (Å²) in [6, 6.07) is 4.20. The van der Waals surface area contributed by atoms with Crippen molar-refractivity contribution in [1.82, 2.24) is 4.90 Å². The highest BCUT2D eigenvalue weighted by Gasteiger charge is 2.23. The molecule has 1 saturated heterocycles. The van der Waals surface area contributed by atoms with Gasteiger partial charge >= 0.3 is 0 Å². The highest BCUT2D eigenvalue weighted by Crippen LogP contribution is 2.24. The molecule has 0 N–H and O–H groups in total. The van der Waals surface area contributed by atoms with Crippen molar-refractivity contribution in [3.63, 3.8) is 0 Å². The molecule has 1 aliphatic heterocycles. The zero-order chi connectivity index (χ0) is 15.6. The van der Waals surface area contributed by atoms with Crippen LogP contribution in [0.2, 0.25) is 0 Å². The van der Waals surface area contributed by atoms with E-state index in [9.17, 15) is 4.79 Å². The van der Waals surface area contributed by atoms with Crippen molar-refractivity contribution in [3.05, 3.63) is 34.4 Å². The Labute approximate surface area is 129 Å². The van der Waals surface area contributed by atoms with Gasteiger partial charge in [0.15, 0.2) is 5.78 Å². The lowest BCUT2D eigenvalue weighted by molar-refractivity contribution is 0.0879. The minimum atomic E-state index is 0.276. The maximum absolute atomic E-state index is 12.6. The summed E-state index contributed by atoms with van der Waals surface area (Å²) in [5.74, 6) is 1.88. The monoisotopic (exact) mass is 287 g/mol. The lowest BCUT2D eigenvalue weighted by Crippen LogP contribution is -2.38. The van der Waals surface area contributed by atoms with Crippen molar-refractivity contribution < 1.29 is 4.79 Å². The third-order valence-corrected chi connectivity index (χ3v) is 5.08. The molecule has 0 aromatic heterocycles. The molecular weight excluding hydrogens is 258 g/mol. The fourth-order valence-corrected chi connectivity index (χ4v) is 3.33. The van der Waals surface area contributed by atoms with Crippen LogP contribution in [-0.2, 0) is 0 Å². The molecule has 116 valence electrons. The predicted molar refractivity (Wildman–Crippen MR) is 89.0 cm³/mol. The van der Waals surface area contributed by atoms with E-state index in [4.69, 9.17) is 0 Å². The predicted octanol–water partition coefficient (Wildman–Crippen LogP) is 4.16. The molecule has 2 rings (SSSR count). The van der Waals surface area contributed by atoms with Crippen LogP contribution in [-0.4, -0.2) is 30.3 Å². The van der Waals surface area contributed by atoms with Crippen LogP contribution in [0.25, 0.3) is 0 Å². The summed E-state index contributed by atoms with van der Waals surface area (Å²) in [6.45, 7) is 13.6. The number of piperidine rings is 1. The van der Waals surface area contributed by atoms with E-state index < -0.39 is 0 Å². The number of rotatable bonds is 4. The molecule has 0 bridgehead atoms. The van der Waals surface area contributed by atoms with E-state index in [0.29, 0.717) is 6.54 Å². The first-order valence-corrected chi connectivity index (χ1v) is 8.22. The molecule has 0 atom stereocenters. The molecule has 1 fully saturated rings. The van der Waals surface area contributed by atoms with Gasteiger partial charge in [0.1, 0.15) is 0 Å². The molecular formula is C19H29NO. The van der Waals surface area contributed by atoms with Gasteiger partial charge in [-0.25, -0.2) is 0 Å². The van der Waals surface area contributed by atoms with Gasteiger partial charge in [0, 0.05) is 5.56 Å². The lowest BCUT2D eigenvalue weighted by atomic mass is 9.86. The zero-order valence-electron chi connectivity index (χ0n) is 14.2. The number of hydrogen-bond donors (Lipinski definition) is 0. The summed E-state index contributed by atoms with van der Waals surface area (Å²) in [7, 11) is 0. The van der Waals surface area contributed by atoms with Crippen LogP contribution >= 0.6 is 0 Å². The smallest absolute Gasteiger partial charge is 0.177 e. The molecule has 0 saturated carbocycles. The first-order chi connectivity index (χ1) is 9.88. The highest BCUT2D eigenvalue weighted by atomic mass is 16.1. The highest BCUT2D eigenvalue weighted by molar-refractivity contribution is 5.99. The number of likely N-dealkylation sites (tertiary alicyclic amines) is 1. The Kier molecular flexibility index (Phi) is 5.21. The van der Waals surface area contributed by atoms with Gasteiger partial charge in [0.2, 0.25) is 0 Å². The Morgan fingerprint density at radius 2 is 1.67 bits per heavy atom. The number of Topliss-reactive ketones (excluding diaryl/α,β-unsaturated/α-hetero) is 1. The fraction of sp³-hybridized carbons (Fsp3) is 0.632. The fourth-order valence-electron chi connectivity index (χ4n) is 3.33. The number of nitrogens with zero attached hydrogens (tertiary/aromatic N) is 1. The van der Waals surface area contributed by atoms with Gasteiger partial charge in [-0.2, -0.15) is 0 Å². The lowest BCUT2D eigenvalue weighted by Gasteiger charge is -2.33. The number of ketones is 1. The molecule has 2 nitrogen and oxygen atoms in total. The number of carbonyl (C=O) groups excluding carboxylic acids is 1. The van der Waals surface area contributed by atoms with Gasteiger partial charge in [0.05, 0.1) is 6.54 Å². The van der Waals surface area contributed by atoms with E-state index in [0.717, 1.165) is 36.1 Å². The van der Waals surface area contributed by atoms with E-state index in [1.165, 1.54) is 24.0 Å². The third kappa shape index (κ3) is 3.94. The third-order valence-electron chi connectivity index (χ3n) is 5.08. The zero-order valence-corrected chi connectivity index (χ0v) is 14.2. The second kappa shape index (κ2) is 6.74. The quantitative estimate of drug-likeness (QED) is 0.775. The van der Waals surface area contributed by atoms with Gasteiger partial charge in [-0.05, 0) is 81.3 Å². The minimum Gasteiger partial charge on any atom is -0.296 e. The van der Waals surface area contributed by atoms with Crippen LogP contribution < -0.4 is 0 Å². The minimum absolute atomic E-state index is 0.276. The maximum atomic E-state index is 12.6. The molecule has 0 spiro atoms. The standard InChI is InChI=1S/C19H29NO/c1-13(2)17-6-8-20(9-7-17)12-19(21)18-11-15(4)14(3)10-16(18)5/h10-11,13,17H,6-9,12H2,1-5H3. The number of carbonyl (C=O) groups is 1. The molecule has 1 aliphatic rings. The summed E-state index contributed by atoms with van der Waals surface area (Å²) in [5, 5.41) is 0. The molecule has 2 heteroatoms. The Morgan fingerprint density at radius 1 is 1.10 bits per heavy atom. The van der Waals surface area contributed by atoms with Crippen LogP contribution in [0.1, 0.15) is 53.7 Å². The van der Waals surface area contributed by atoms with E-state index in [1.807, 2.05) is 6.92 Å². The Hall–Kier alpha value is -1.15. The Morgan fingerprint density at radius 3 is 2.24 bits per heavy atom. The molecule has 0 aliphatic carbocycles. The van der Waals surface area contributed by atoms with Crippen molar-refractivity contribution in [2.75, 3.05) is 19.6 Å². The molecule has 0 amide bonds. The second-order valence-electron chi connectivity index (χ2n) is 7.03. The van der Waals surface area contributed by atoms with Gasteiger partial charge in [-0.15, -0.1) is 0 Å². The van der Waals surface area contributed by atoms with Crippen molar-refractivity contribution in [2.24, 2.45) is 11.8 Å². The van der Waals surface area contributed by atoms with Crippen LogP contribution in [0.4, 0.5) is 0 Å². The van der Waals surface area contributed by atoms with Crippen LogP contribution in [0.15, 0.2) is 12.1 Å². The average Bonchev–Trinajstić information content (AvgIpc) is 2.43. The second-order valence-corrected chi connectivity index (χ2v) is 7.03. The average molecular weight is 287 g/mol. The van der Waals surface area contributed by atoms with Gasteiger partial charge in [-0.3, -0.25) is 9.69 Å². The Bertz CT molecular complexity index is 511. The largest absolute Gasteiger partial charge is 0.296 e. The normalized spacial score (nSPS) is 17.4. The molecule has 0 radical (unpaired) electrons. The van der Waals surface area contributed by atoms with E-state index >= 15 is 0 Å². The summed E-state index contributed by atoms with van der Waals surface area (Å²) in [6.07, 6.45) is 2.47. The van der Waals surface area contributed by atoms with Crippen molar-refractivity contribution in [1.29, 1.82) is 0 Å². The van der Waals surface area contributed by atoms with Crippen LogP contribution in [0.5, 0.6) is 0 Å². The summed E-state index contributed by atoms with van der Waals surface area (Å²) < 4.78 is 0. The summed E-state index contributed by atoms with van der Waals surface area (Å²) >= 11 is 0. The maximum Gasteiger partial charge on any atom is 0.177 e. The summed E-state index contributed by atoms with van der Waals surface area (Å²) in [5.41, 5.74) is 4.49. The number of aryl methyl sites for hydroxylation is 3. The van der Waals surface area contributed by atoms with Gasteiger partial charge in [-0.1, -0.05) is 19.9 Å². The first kappa shape index (κ1) is 16.2. The molecule has 1 aromatic carbocycles. The number of benzene rings is 1. The van der Waals surface area contributed by atoms with E-state index in [1.54, 1.807) is 0 Å². The molecule has 1 aromatic rings. The van der Waals surface area contributed by atoms with Crippen molar-refractivity contribution >= 4 is 5.78 Å². The van der Waals surface area contributed by atoms with Gasteiger partial charge in [0.25, 0.3) is 0 Å². The van der Waals surface area contributed by atoms with Crippen molar-refractivity contribution in [2.45, 2.75) is 47.5 Å². The van der Waals surface area contributed by atoms with E-state index in [-0.39, 0.29) is 5.78 Å². The summed E-state index contributed by atoms with van der Waals surface area (Å²) in [4.78, 5) is 14.9. The SMILES string of the molecule is Cc1cc(C)c(C(=O)CN2CCC(C(C)C)CC2)cc1C. The van der Waals surface area contributed by atoms with Crippen molar-refractivity contribution in [3.8, 4) is 0 Å². The first-order valence-electron chi connectivity index (χ1n) is 8.22. The van der Waals surface area contributed by atoms with E-state index in [2.05, 4.69) is 44.7 Å². The molecule has 1 heterocycles. The topological polar surface area (TPSA) is 20.3 Å². The van der Waals surface area contributed by atoms with Crippen LogP contribution in [0, 0.1) is 32.6 Å². The van der Waals surface area contributed by atoms with Gasteiger partial charge < -0.3 is 0 Å². The number of hydrogen-bond acceptors (Lipinski definition) is 2. The Balaban J connectivity index is 1.98. The van der Waals surface area contributed by atoms with Crippen LogP contribution in [0.3, 0.4) is 0 Å².